The molecule has 0 aliphatic rings. The second-order valence-electron chi connectivity index (χ2n) is 4.58. The summed E-state index contributed by atoms with van der Waals surface area (Å²) < 4.78 is 5.85. The summed E-state index contributed by atoms with van der Waals surface area (Å²) in [6, 6.07) is 11.2. The van der Waals surface area contributed by atoms with Crippen LogP contribution in [-0.2, 0) is 0 Å². The standard InChI is InChI=1S/C16H17BrN2O2/c1-3-14(11-4-7-13(21-2)8-5-11)19-16(20)12-6-9-15(17)18-10-12/h4-10,14H,3H2,1-2H3,(H,19,20). The van der Waals surface area contributed by atoms with Crippen LogP contribution in [-0.4, -0.2) is 18.0 Å². The molecule has 0 radical (unpaired) electrons. The molecule has 1 aromatic carbocycles. The fraction of sp³-hybridized carbons (Fsp3) is 0.250. The minimum absolute atomic E-state index is 0.0351. The minimum Gasteiger partial charge on any atom is -0.497 e. The Morgan fingerprint density at radius 1 is 1.29 bits per heavy atom. The molecule has 0 fully saturated rings. The van der Waals surface area contributed by atoms with Crippen LogP contribution in [0.3, 0.4) is 0 Å². The summed E-state index contributed by atoms with van der Waals surface area (Å²) in [4.78, 5) is 16.3. The Morgan fingerprint density at radius 2 is 2.00 bits per heavy atom. The van der Waals surface area contributed by atoms with Crippen molar-refractivity contribution in [3.8, 4) is 5.75 Å². The number of amides is 1. The van der Waals surface area contributed by atoms with E-state index in [2.05, 4.69) is 26.2 Å². The quantitative estimate of drug-likeness (QED) is 0.837. The highest BCUT2D eigenvalue weighted by molar-refractivity contribution is 9.10. The highest BCUT2D eigenvalue weighted by Gasteiger charge is 2.14. The van der Waals surface area contributed by atoms with Gasteiger partial charge in [-0.3, -0.25) is 4.79 Å². The first kappa shape index (κ1) is 15.5. The number of halogens is 1. The van der Waals surface area contributed by atoms with E-state index in [0.29, 0.717) is 10.2 Å². The molecule has 1 amide bonds. The molecule has 0 aliphatic heterocycles. The Kier molecular flexibility index (Phi) is 5.33. The van der Waals surface area contributed by atoms with Crippen molar-refractivity contribution in [3.05, 3.63) is 58.3 Å². The third-order valence-corrected chi connectivity index (χ3v) is 3.69. The van der Waals surface area contributed by atoms with Crippen LogP contribution in [0.5, 0.6) is 5.75 Å². The van der Waals surface area contributed by atoms with Crippen LogP contribution in [0.2, 0.25) is 0 Å². The summed E-state index contributed by atoms with van der Waals surface area (Å²) >= 11 is 3.25. The van der Waals surface area contributed by atoms with Gasteiger partial charge in [-0.25, -0.2) is 4.98 Å². The van der Waals surface area contributed by atoms with Gasteiger partial charge in [-0.1, -0.05) is 19.1 Å². The van der Waals surface area contributed by atoms with E-state index in [9.17, 15) is 4.79 Å². The molecule has 1 heterocycles. The predicted octanol–water partition coefficient (Wildman–Crippen LogP) is 3.73. The van der Waals surface area contributed by atoms with Crippen LogP contribution < -0.4 is 10.1 Å². The Bertz CT molecular complexity index is 597. The average molecular weight is 349 g/mol. The first-order valence-corrected chi connectivity index (χ1v) is 7.49. The number of nitrogens with zero attached hydrogens (tertiary/aromatic N) is 1. The number of carbonyl (C=O) groups excluding carboxylic acids is 1. The highest BCUT2D eigenvalue weighted by Crippen LogP contribution is 2.20. The Hall–Kier alpha value is -1.88. The lowest BCUT2D eigenvalue weighted by molar-refractivity contribution is 0.0935. The Morgan fingerprint density at radius 3 is 2.52 bits per heavy atom. The summed E-state index contributed by atoms with van der Waals surface area (Å²) in [5.74, 6) is 0.676. The zero-order valence-electron chi connectivity index (χ0n) is 12.0. The topological polar surface area (TPSA) is 51.2 Å². The predicted molar refractivity (Wildman–Crippen MR) is 85.4 cm³/mol. The number of aromatic nitrogens is 1. The molecule has 1 unspecified atom stereocenters. The molecule has 0 bridgehead atoms. The van der Waals surface area contributed by atoms with Crippen molar-refractivity contribution >= 4 is 21.8 Å². The number of carbonyl (C=O) groups is 1. The first-order chi connectivity index (χ1) is 10.1. The van der Waals surface area contributed by atoms with Crippen LogP contribution in [0, 0.1) is 0 Å². The van der Waals surface area contributed by atoms with Gasteiger partial charge in [0.25, 0.3) is 5.91 Å². The van der Waals surface area contributed by atoms with Gasteiger partial charge in [-0.2, -0.15) is 0 Å². The number of hydrogen-bond donors (Lipinski definition) is 1. The molecule has 1 aromatic heterocycles. The number of rotatable bonds is 5. The van der Waals surface area contributed by atoms with E-state index in [0.717, 1.165) is 17.7 Å². The van der Waals surface area contributed by atoms with Crippen LogP contribution in [0.25, 0.3) is 0 Å². The van der Waals surface area contributed by atoms with E-state index >= 15 is 0 Å². The van der Waals surface area contributed by atoms with Gasteiger partial charge >= 0.3 is 0 Å². The maximum absolute atomic E-state index is 12.2. The molecule has 1 atom stereocenters. The van der Waals surface area contributed by atoms with Crippen LogP contribution in [0.1, 0.15) is 35.3 Å². The summed E-state index contributed by atoms with van der Waals surface area (Å²) in [5.41, 5.74) is 1.60. The lowest BCUT2D eigenvalue weighted by atomic mass is 10.0. The van der Waals surface area contributed by atoms with E-state index in [4.69, 9.17) is 4.74 Å². The number of hydrogen-bond acceptors (Lipinski definition) is 3. The van der Waals surface area contributed by atoms with Crippen LogP contribution in [0.4, 0.5) is 0 Å². The van der Waals surface area contributed by atoms with Gasteiger partial charge in [0.05, 0.1) is 18.7 Å². The van der Waals surface area contributed by atoms with E-state index in [1.807, 2.05) is 31.2 Å². The number of methoxy groups -OCH3 is 1. The highest BCUT2D eigenvalue weighted by atomic mass is 79.9. The summed E-state index contributed by atoms with van der Waals surface area (Å²) in [6.45, 7) is 2.04. The van der Waals surface area contributed by atoms with Gasteiger partial charge in [-0.05, 0) is 52.2 Å². The molecule has 0 aliphatic carbocycles. The van der Waals surface area contributed by atoms with E-state index in [-0.39, 0.29) is 11.9 Å². The van der Waals surface area contributed by atoms with E-state index in [1.165, 1.54) is 0 Å². The van der Waals surface area contributed by atoms with Crippen molar-refractivity contribution in [3.63, 3.8) is 0 Å². The summed E-state index contributed by atoms with van der Waals surface area (Å²) in [6.07, 6.45) is 2.36. The van der Waals surface area contributed by atoms with Gasteiger partial charge in [0, 0.05) is 6.20 Å². The Balaban J connectivity index is 2.10. The zero-order chi connectivity index (χ0) is 15.2. The third-order valence-electron chi connectivity index (χ3n) is 3.22. The second kappa shape index (κ2) is 7.22. The molecule has 5 heteroatoms. The number of benzene rings is 1. The minimum atomic E-state index is -0.127. The largest absolute Gasteiger partial charge is 0.497 e. The van der Waals surface area contributed by atoms with Crippen molar-refractivity contribution in [1.82, 2.24) is 10.3 Å². The van der Waals surface area contributed by atoms with Gasteiger partial charge in [0.15, 0.2) is 0 Å². The van der Waals surface area contributed by atoms with Crippen molar-refractivity contribution in [2.24, 2.45) is 0 Å². The molecule has 2 aromatic rings. The Labute approximate surface area is 132 Å². The molecular weight excluding hydrogens is 332 g/mol. The van der Waals surface area contributed by atoms with Crippen molar-refractivity contribution < 1.29 is 9.53 Å². The average Bonchev–Trinajstić information content (AvgIpc) is 2.53. The van der Waals surface area contributed by atoms with Gasteiger partial charge in [0.1, 0.15) is 10.4 Å². The third kappa shape index (κ3) is 4.04. The van der Waals surface area contributed by atoms with Gasteiger partial charge < -0.3 is 10.1 Å². The molecular formula is C16H17BrN2O2. The maximum atomic E-state index is 12.2. The second-order valence-corrected chi connectivity index (χ2v) is 5.39. The van der Waals surface area contributed by atoms with Crippen LogP contribution >= 0.6 is 15.9 Å². The van der Waals surface area contributed by atoms with Crippen molar-refractivity contribution in [2.45, 2.75) is 19.4 Å². The lowest BCUT2D eigenvalue weighted by Crippen LogP contribution is -2.28. The molecule has 2 rings (SSSR count). The smallest absolute Gasteiger partial charge is 0.253 e. The summed E-state index contributed by atoms with van der Waals surface area (Å²) in [5, 5.41) is 3.02. The molecule has 1 N–H and O–H groups in total. The normalized spacial score (nSPS) is 11.8. The SMILES string of the molecule is CCC(NC(=O)c1ccc(Br)nc1)c1ccc(OC)cc1. The fourth-order valence-electron chi connectivity index (χ4n) is 2.01. The monoisotopic (exact) mass is 348 g/mol. The molecule has 4 nitrogen and oxygen atoms in total. The van der Waals surface area contributed by atoms with E-state index < -0.39 is 0 Å². The maximum Gasteiger partial charge on any atom is 0.253 e. The summed E-state index contributed by atoms with van der Waals surface area (Å²) in [7, 11) is 1.63. The molecule has 0 spiro atoms. The first-order valence-electron chi connectivity index (χ1n) is 6.70. The van der Waals surface area contributed by atoms with Gasteiger partial charge in [-0.15, -0.1) is 0 Å². The zero-order valence-corrected chi connectivity index (χ0v) is 13.6. The fourth-order valence-corrected chi connectivity index (χ4v) is 2.24. The van der Waals surface area contributed by atoms with E-state index in [1.54, 1.807) is 25.4 Å². The lowest BCUT2D eigenvalue weighted by Gasteiger charge is -2.17. The van der Waals surface area contributed by atoms with Crippen molar-refractivity contribution in [1.29, 1.82) is 0 Å². The molecule has 0 saturated carbocycles. The number of ether oxygens (including phenoxy) is 1. The molecule has 0 saturated heterocycles. The molecule has 21 heavy (non-hydrogen) atoms. The van der Waals surface area contributed by atoms with Crippen LogP contribution in [0.15, 0.2) is 47.2 Å². The van der Waals surface area contributed by atoms with Crippen molar-refractivity contribution in [2.75, 3.05) is 7.11 Å². The molecule has 110 valence electrons. The van der Waals surface area contributed by atoms with Gasteiger partial charge in [0.2, 0.25) is 0 Å². The number of pyridine rings is 1. The number of nitrogens with one attached hydrogen (secondary N) is 1.